The minimum Gasteiger partial charge on any atom is -0.494 e. The summed E-state index contributed by atoms with van der Waals surface area (Å²) in [5, 5.41) is 2.88. The second-order valence-corrected chi connectivity index (χ2v) is 5.04. The second-order valence-electron chi connectivity index (χ2n) is 5.04. The molecule has 3 N–H and O–H groups in total. The SMILES string of the molecule is NC1(C(=O)NCCCOc2ccccc2)CCOCC1. The van der Waals surface area contributed by atoms with E-state index < -0.39 is 5.54 Å². The Hall–Kier alpha value is -1.59. The number of benzene rings is 1. The topological polar surface area (TPSA) is 73.6 Å². The minimum atomic E-state index is -0.765. The number of ether oxygens (including phenoxy) is 2. The van der Waals surface area contributed by atoms with Gasteiger partial charge in [0.05, 0.1) is 12.1 Å². The van der Waals surface area contributed by atoms with Gasteiger partial charge >= 0.3 is 0 Å². The van der Waals surface area contributed by atoms with Gasteiger partial charge < -0.3 is 20.5 Å². The lowest BCUT2D eigenvalue weighted by Gasteiger charge is -2.31. The van der Waals surface area contributed by atoms with E-state index in [4.69, 9.17) is 15.2 Å². The first-order chi connectivity index (χ1) is 9.71. The van der Waals surface area contributed by atoms with Crippen molar-refractivity contribution in [1.29, 1.82) is 0 Å². The maximum absolute atomic E-state index is 12.0. The van der Waals surface area contributed by atoms with Crippen molar-refractivity contribution in [3.63, 3.8) is 0 Å². The van der Waals surface area contributed by atoms with E-state index in [1.165, 1.54) is 0 Å². The fourth-order valence-corrected chi connectivity index (χ4v) is 2.12. The highest BCUT2D eigenvalue weighted by Gasteiger charge is 2.35. The van der Waals surface area contributed by atoms with Crippen molar-refractivity contribution < 1.29 is 14.3 Å². The fraction of sp³-hybridized carbons (Fsp3) is 0.533. The summed E-state index contributed by atoms with van der Waals surface area (Å²) in [6, 6.07) is 9.63. The molecule has 1 aliphatic rings. The highest BCUT2D eigenvalue weighted by molar-refractivity contribution is 5.86. The average Bonchev–Trinajstić information content (AvgIpc) is 2.48. The van der Waals surface area contributed by atoms with Gasteiger partial charge in [-0.2, -0.15) is 0 Å². The van der Waals surface area contributed by atoms with Gasteiger partial charge in [-0.25, -0.2) is 0 Å². The molecule has 1 aromatic rings. The van der Waals surface area contributed by atoms with Crippen LogP contribution in [0.15, 0.2) is 30.3 Å². The number of amides is 1. The summed E-state index contributed by atoms with van der Waals surface area (Å²) in [6.45, 7) is 2.26. The molecule has 0 saturated carbocycles. The van der Waals surface area contributed by atoms with E-state index in [1.54, 1.807) is 0 Å². The molecule has 2 rings (SSSR count). The molecular weight excluding hydrogens is 256 g/mol. The van der Waals surface area contributed by atoms with E-state index in [0.717, 1.165) is 12.2 Å². The Kier molecular flexibility index (Phi) is 5.38. The van der Waals surface area contributed by atoms with Crippen molar-refractivity contribution in [3.8, 4) is 5.75 Å². The van der Waals surface area contributed by atoms with Crippen molar-refractivity contribution >= 4 is 5.91 Å². The number of hydrogen-bond acceptors (Lipinski definition) is 4. The predicted octanol–water partition coefficient (Wildman–Crippen LogP) is 1.08. The van der Waals surface area contributed by atoms with Crippen LogP contribution in [0.5, 0.6) is 5.75 Å². The molecule has 1 fully saturated rings. The van der Waals surface area contributed by atoms with Crippen LogP contribution in [-0.2, 0) is 9.53 Å². The van der Waals surface area contributed by atoms with Crippen molar-refractivity contribution in [2.45, 2.75) is 24.8 Å². The summed E-state index contributed by atoms with van der Waals surface area (Å²) in [5.74, 6) is 0.763. The van der Waals surface area contributed by atoms with Crippen LogP contribution in [0, 0.1) is 0 Å². The van der Waals surface area contributed by atoms with E-state index in [2.05, 4.69) is 5.32 Å². The van der Waals surface area contributed by atoms with Gasteiger partial charge in [-0.05, 0) is 31.4 Å². The molecule has 0 radical (unpaired) electrons. The van der Waals surface area contributed by atoms with Crippen LogP contribution in [-0.4, -0.2) is 37.8 Å². The molecule has 1 heterocycles. The third-order valence-corrected chi connectivity index (χ3v) is 3.46. The largest absolute Gasteiger partial charge is 0.494 e. The predicted molar refractivity (Wildman–Crippen MR) is 76.5 cm³/mol. The fourth-order valence-electron chi connectivity index (χ4n) is 2.12. The number of nitrogens with two attached hydrogens (primary N) is 1. The summed E-state index contributed by atoms with van der Waals surface area (Å²) in [6.07, 6.45) is 1.92. The van der Waals surface area contributed by atoms with Crippen LogP contribution in [0.2, 0.25) is 0 Å². The molecule has 1 aromatic carbocycles. The molecule has 0 bridgehead atoms. The van der Waals surface area contributed by atoms with E-state index in [0.29, 0.717) is 39.2 Å². The van der Waals surface area contributed by atoms with Gasteiger partial charge in [0.1, 0.15) is 5.75 Å². The van der Waals surface area contributed by atoms with Gasteiger partial charge in [0.25, 0.3) is 0 Å². The maximum Gasteiger partial charge on any atom is 0.240 e. The lowest BCUT2D eigenvalue weighted by atomic mass is 9.90. The second kappa shape index (κ2) is 7.26. The molecule has 110 valence electrons. The highest BCUT2D eigenvalue weighted by atomic mass is 16.5. The summed E-state index contributed by atoms with van der Waals surface area (Å²) >= 11 is 0. The third-order valence-electron chi connectivity index (χ3n) is 3.46. The lowest BCUT2D eigenvalue weighted by molar-refractivity contribution is -0.129. The molecule has 5 nitrogen and oxygen atoms in total. The molecule has 1 saturated heterocycles. The van der Waals surface area contributed by atoms with Gasteiger partial charge in [-0.15, -0.1) is 0 Å². The Morgan fingerprint density at radius 1 is 1.30 bits per heavy atom. The van der Waals surface area contributed by atoms with E-state index in [-0.39, 0.29) is 5.91 Å². The minimum absolute atomic E-state index is 0.0829. The zero-order valence-corrected chi connectivity index (χ0v) is 11.6. The number of rotatable bonds is 6. The van der Waals surface area contributed by atoms with Gasteiger partial charge in [-0.3, -0.25) is 4.79 Å². The molecule has 0 aromatic heterocycles. The summed E-state index contributed by atoms with van der Waals surface area (Å²) < 4.78 is 10.8. The van der Waals surface area contributed by atoms with Gasteiger partial charge in [0, 0.05) is 19.8 Å². The zero-order chi connectivity index (χ0) is 14.3. The number of carbonyl (C=O) groups excluding carboxylic acids is 1. The lowest BCUT2D eigenvalue weighted by Crippen LogP contribution is -2.57. The molecule has 0 spiro atoms. The maximum atomic E-state index is 12.0. The van der Waals surface area contributed by atoms with Crippen LogP contribution in [0.4, 0.5) is 0 Å². The molecule has 0 unspecified atom stereocenters. The number of nitrogens with one attached hydrogen (secondary N) is 1. The first-order valence-electron chi connectivity index (χ1n) is 7.03. The molecular formula is C15H22N2O3. The highest BCUT2D eigenvalue weighted by Crippen LogP contribution is 2.17. The van der Waals surface area contributed by atoms with Gasteiger partial charge in [0.2, 0.25) is 5.91 Å². The normalized spacial score (nSPS) is 17.4. The Morgan fingerprint density at radius 3 is 2.70 bits per heavy atom. The summed E-state index contributed by atoms with van der Waals surface area (Å²) in [7, 11) is 0. The number of carbonyl (C=O) groups is 1. The first-order valence-corrected chi connectivity index (χ1v) is 7.03. The Morgan fingerprint density at radius 2 is 2.00 bits per heavy atom. The van der Waals surface area contributed by atoms with Crippen LogP contribution in [0.3, 0.4) is 0 Å². The average molecular weight is 278 g/mol. The first kappa shape index (κ1) is 14.8. The van der Waals surface area contributed by atoms with Crippen LogP contribution >= 0.6 is 0 Å². The standard InChI is InChI=1S/C15H22N2O3/c16-15(7-11-19-12-8-15)14(18)17-9-4-10-20-13-5-2-1-3-6-13/h1-3,5-6H,4,7-12,16H2,(H,17,18). The van der Waals surface area contributed by atoms with Crippen molar-refractivity contribution in [3.05, 3.63) is 30.3 Å². The monoisotopic (exact) mass is 278 g/mol. The summed E-state index contributed by atoms with van der Waals surface area (Å²) in [5.41, 5.74) is 5.32. The van der Waals surface area contributed by atoms with E-state index >= 15 is 0 Å². The third kappa shape index (κ3) is 4.21. The van der Waals surface area contributed by atoms with Crippen molar-refractivity contribution in [1.82, 2.24) is 5.32 Å². The Balaban J connectivity index is 1.62. The van der Waals surface area contributed by atoms with Crippen LogP contribution in [0.1, 0.15) is 19.3 Å². The molecule has 5 heteroatoms. The van der Waals surface area contributed by atoms with Crippen LogP contribution in [0.25, 0.3) is 0 Å². The number of para-hydroxylation sites is 1. The zero-order valence-electron chi connectivity index (χ0n) is 11.6. The van der Waals surface area contributed by atoms with Gasteiger partial charge in [0.15, 0.2) is 0 Å². The molecule has 0 aliphatic carbocycles. The number of hydrogen-bond donors (Lipinski definition) is 2. The smallest absolute Gasteiger partial charge is 0.240 e. The van der Waals surface area contributed by atoms with Gasteiger partial charge in [-0.1, -0.05) is 18.2 Å². The van der Waals surface area contributed by atoms with Crippen LogP contribution < -0.4 is 15.8 Å². The Labute approximate surface area is 119 Å². The summed E-state index contributed by atoms with van der Waals surface area (Å²) in [4.78, 5) is 12.0. The van der Waals surface area contributed by atoms with Crippen molar-refractivity contribution in [2.75, 3.05) is 26.4 Å². The van der Waals surface area contributed by atoms with E-state index in [9.17, 15) is 4.79 Å². The Bertz CT molecular complexity index is 416. The van der Waals surface area contributed by atoms with Crippen molar-refractivity contribution in [2.24, 2.45) is 5.73 Å². The quantitative estimate of drug-likeness (QED) is 0.764. The molecule has 20 heavy (non-hydrogen) atoms. The molecule has 0 atom stereocenters. The van der Waals surface area contributed by atoms with E-state index in [1.807, 2.05) is 30.3 Å². The molecule has 1 amide bonds. The molecule has 1 aliphatic heterocycles.